The highest BCUT2D eigenvalue weighted by Crippen LogP contribution is 2.35. The Morgan fingerprint density at radius 2 is 2.24 bits per heavy atom. The lowest BCUT2D eigenvalue weighted by Crippen LogP contribution is -2.38. The fraction of sp³-hybridized carbons (Fsp3) is 0.444. The molecule has 0 saturated carbocycles. The van der Waals surface area contributed by atoms with Crippen molar-refractivity contribution in [3.8, 4) is 0 Å². The van der Waals surface area contributed by atoms with Crippen LogP contribution in [0.5, 0.6) is 0 Å². The number of benzene rings is 1. The fourth-order valence-corrected chi connectivity index (χ4v) is 5.02. The Morgan fingerprint density at radius 1 is 1.38 bits per heavy atom. The largest absolute Gasteiger partial charge is 0.313 e. The monoisotopic (exact) mass is 363 g/mol. The summed E-state index contributed by atoms with van der Waals surface area (Å²) in [6, 6.07) is 11.8. The van der Waals surface area contributed by atoms with Crippen molar-refractivity contribution in [1.29, 1.82) is 0 Å². The van der Waals surface area contributed by atoms with E-state index in [9.17, 15) is 0 Å². The highest BCUT2D eigenvalue weighted by molar-refractivity contribution is 9.10. The van der Waals surface area contributed by atoms with E-state index in [2.05, 4.69) is 63.9 Å². The van der Waals surface area contributed by atoms with Gasteiger partial charge in [-0.3, -0.25) is 0 Å². The minimum atomic E-state index is 0.544. The van der Waals surface area contributed by atoms with Crippen LogP contribution in [0.2, 0.25) is 0 Å². The lowest BCUT2D eigenvalue weighted by Gasteiger charge is -2.33. The van der Waals surface area contributed by atoms with Crippen molar-refractivity contribution in [2.45, 2.75) is 44.6 Å². The summed E-state index contributed by atoms with van der Waals surface area (Å²) >= 11 is 5.44. The number of fused-ring (bicyclic) bond motifs is 1. The molecule has 3 rings (SSSR count). The number of nitrogens with one attached hydrogen (secondary N) is 1. The van der Waals surface area contributed by atoms with Crippen LogP contribution in [-0.4, -0.2) is 12.6 Å². The molecule has 0 spiro atoms. The molecular weight excluding hydrogens is 342 g/mol. The number of hydrogen-bond acceptors (Lipinski definition) is 2. The van der Waals surface area contributed by atoms with Crippen LogP contribution in [0.1, 0.15) is 41.7 Å². The Balaban J connectivity index is 1.84. The van der Waals surface area contributed by atoms with Crippen LogP contribution in [0.3, 0.4) is 0 Å². The van der Waals surface area contributed by atoms with Crippen molar-refractivity contribution < 1.29 is 0 Å². The molecule has 0 aliphatic heterocycles. The summed E-state index contributed by atoms with van der Waals surface area (Å²) in [5.74, 6) is 0.649. The Bertz CT molecular complexity index is 592. The molecule has 112 valence electrons. The molecular formula is C18H22BrNS. The summed E-state index contributed by atoms with van der Waals surface area (Å²) in [4.78, 5) is 1.47. The Morgan fingerprint density at radius 3 is 3.00 bits per heavy atom. The van der Waals surface area contributed by atoms with E-state index in [0.717, 1.165) is 13.0 Å². The van der Waals surface area contributed by atoms with Gasteiger partial charge < -0.3 is 5.32 Å². The molecule has 0 radical (unpaired) electrons. The first-order chi connectivity index (χ1) is 10.3. The standard InChI is InChI=1S/C18H22BrNS/c1-2-20-18(11-15-10-14(19)12-21-15)17-9-5-7-13-6-3-4-8-16(13)17/h3-4,6,8,10,12,17-18,20H,2,5,7,9,11H2,1H3. The summed E-state index contributed by atoms with van der Waals surface area (Å²) in [6.07, 6.45) is 5.00. The zero-order chi connectivity index (χ0) is 14.7. The second kappa shape index (κ2) is 7.08. The summed E-state index contributed by atoms with van der Waals surface area (Å²) in [5, 5.41) is 5.93. The highest BCUT2D eigenvalue weighted by atomic mass is 79.9. The van der Waals surface area contributed by atoms with Gasteiger partial charge in [-0.2, -0.15) is 0 Å². The zero-order valence-electron chi connectivity index (χ0n) is 12.4. The minimum Gasteiger partial charge on any atom is -0.313 e. The summed E-state index contributed by atoms with van der Waals surface area (Å²) in [5.41, 5.74) is 3.13. The first-order valence-corrected chi connectivity index (χ1v) is 9.49. The van der Waals surface area contributed by atoms with E-state index >= 15 is 0 Å². The van der Waals surface area contributed by atoms with Crippen molar-refractivity contribution in [2.24, 2.45) is 0 Å². The van der Waals surface area contributed by atoms with E-state index in [1.807, 2.05) is 11.3 Å². The summed E-state index contributed by atoms with van der Waals surface area (Å²) < 4.78 is 1.21. The normalized spacial score (nSPS) is 19.2. The predicted octanol–water partition coefficient (Wildman–Crippen LogP) is 5.15. The molecule has 1 heterocycles. The molecule has 1 aromatic heterocycles. The van der Waals surface area contributed by atoms with Gasteiger partial charge in [0, 0.05) is 20.8 Å². The molecule has 2 atom stereocenters. The van der Waals surface area contributed by atoms with Crippen molar-refractivity contribution in [1.82, 2.24) is 5.32 Å². The van der Waals surface area contributed by atoms with Gasteiger partial charge >= 0.3 is 0 Å². The van der Waals surface area contributed by atoms with E-state index < -0.39 is 0 Å². The number of halogens is 1. The van der Waals surface area contributed by atoms with Gasteiger partial charge in [0.2, 0.25) is 0 Å². The predicted molar refractivity (Wildman–Crippen MR) is 95.3 cm³/mol. The maximum absolute atomic E-state index is 3.74. The van der Waals surface area contributed by atoms with Crippen molar-refractivity contribution in [3.63, 3.8) is 0 Å². The lowest BCUT2D eigenvalue weighted by atomic mass is 9.77. The Kier molecular flexibility index (Phi) is 5.15. The summed E-state index contributed by atoms with van der Waals surface area (Å²) in [7, 11) is 0. The average molecular weight is 364 g/mol. The molecule has 1 N–H and O–H groups in total. The maximum atomic E-state index is 3.74. The molecule has 1 nitrogen and oxygen atoms in total. The molecule has 2 unspecified atom stereocenters. The topological polar surface area (TPSA) is 12.0 Å². The van der Waals surface area contributed by atoms with Crippen LogP contribution in [0.4, 0.5) is 0 Å². The van der Waals surface area contributed by atoms with Crippen LogP contribution < -0.4 is 5.32 Å². The second-order valence-corrected chi connectivity index (χ2v) is 7.71. The number of thiophene rings is 1. The molecule has 3 heteroatoms. The Hall–Kier alpha value is -0.640. The molecule has 1 aliphatic carbocycles. The zero-order valence-corrected chi connectivity index (χ0v) is 14.8. The first kappa shape index (κ1) is 15.3. The minimum absolute atomic E-state index is 0.544. The van der Waals surface area contributed by atoms with Crippen LogP contribution in [0.15, 0.2) is 40.2 Å². The van der Waals surface area contributed by atoms with Gasteiger partial charge in [-0.25, -0.2) is 0 Å². The highest BCUT2D eigenvalue weighted by Gasteiger charge is 2.27. The van der Waals surface area contributed by atoms with Crippen molar-refractivity contribution >= 4 is 27.3 Å². The number of aryl methyl sites for hydroxylation is 1. The average Bonchev–Trinajstić information content (AvgIpc) is 2.91. The second-order valence-electron chi connectivity index (χ2n) is 5.80. The third-order valence-corrected chi connectivity index (χ3v) is 6.13. The summed E-state index contributed by atoms with van der Waals surface area (Å²) in [6.45, 7) is 3.25. The molecule has 1 aliphatic rings. The van der Waals surface area contributed by atoms with E-state index in [-0.39, 0.29) is 0 Å². The van der Waals surface area contributed by atoms with Gasteiger partial charge in [0.15, 0.2) is 0 Å². The van der Waals surface area contributed by atoms with Gasteiger partial charge in [0.1, 0.15) is 0 Å². The van der Waals surface area contributed by atoms with Crippen LogP contribution >= 0.6 is 27.3 Å². The number of likely N-dealkylation sites (N-methyl/N-ethyl adjacent to an activating group) is 1. The molecule has 0 amide bonds. The lowest BCUT2D eigenvalue weighted by molar-refractivity contribution is 0.397. The molecule has 1 aromatic carbocycles. The van der Waals surface area contributed by atoms with Crippen LogP contribution in [0, 0.1) is 0 Å². The number of hydrogen-bond donors (Lipinski definition) is 1. The Labute approximate surface area is 139 Å². The van der Waals surface area contributed by atoms with Crippen LogP contribution in [-0.2, 0) is 12.8 Å². The number of rotatable bonds is 5. The quantitative estimate of drug-likeness (QED) is 0.774. The van der Waals surface area contributed by atoms with E-state index in [1.54, 1.807) is 11.1 Å². The van der Waals surface area contributed by atoms with Gasteiger partial charge in [0.05, 0.1) is 0 Å². The third-order valence-electron chi connectivity index (χ3n) is 4.41. The molecule has 21 heavy (non-hydrogen) atoms. The smallest absolute Gasteiger partial charge is 0.0285 e. The van der Waals surface area contributed by atoms with Crippen LogP contribution in [0.25, 0.3) is 0 Å². The fourth-order valence-electron chi connectivity index (χ4n) is 3.51. The first-order valence-electron chi connectivity index (χ1n) is 7.82. The van der Waals surface area contributed by atoms with E-state index in [4.69, 9.17) is 0 Å². The van der Waals surface area contributed by atoms with Gasteiger partial charge in [-0.05, 0) is 71.3 Å². The molecule has 0 fully saturated rings. The van der Waals surface area contributed by atoms with Crippen molar-refractivity contribution in [2.75, 3.05) is 6.54 Å². The molecule has 2 aromatic rings. The molecule has 0 bridgehead atoms. The molecule has 0 saturated heterocycles. The van der Waals surface area contributed by atoms with Gasteiger partial charge in [-0.15, -0.1) is 11.3 Å². The van der Waals surface area contributed by atoms with Gasteiger partial charge in [0.25, 0.3) is 0 Å². The SMILES string of the molecule is CCNC(Cc1cc(Br)cs1)C1CCCc2ccccc21. The van der Waals surface area contributed by atoms with E-state index in [1.165, 1.54) is 28.6 Å². The third kappa shape index (κ3) is 3.58. The van der Waals surface area contributed by atoms with Crippen molar-refractivity contribution in [3.05, 3.63) is 56.2 Å². The maximum Gasteiger partial charge on any atom is 0.0285 e. The van der Waals surface area contributed by atoms with E-state index in [0.29, 0.717) is 12.0 Å². The van der Waals surface area contributed by atoms with Gasteiger partial charge in [-0.1, -0.05) is 31.2 Å².